The van der Waals surface area contributed by atoms with Crippen LogP contribution < -0.4 is 5.73 Å². The van der Waals surface area contributed by atoms with Crippen molar-refractivity contribution in [2.24, 2.45) is 17.6 Å². The number of hydrogen-bond donors (Lipinski definition) is 2. The van der Waals surface area contributed by atoms with E-state index < -0.39 is 6.10 Å². The molecule has 0 aliphatic heterocycles. The third kappa shape index (κ3) is 1.55. The van der Waals surface area contributed by atoms with Crippen LogP contribution in [0.5, 0.6) is 0 Å². The molecule has 3 rings (SSSR count). The summed E-state index contributed by atoms with van der Waals surface area (Å²) >= 11 is 0. The summed E-state index contributed by atoms with van der Waals surface area (Å²) in [4.78, 5) is 4.27. The zero-order valence-electron chi connectivity index (χ0n) is 9.17. The van der Waals surface area contributed by atoms with Crippen LogP contribution in [0.1, 0.15) is 49.4 Å². The lowest BCUT2D eigenvalue weighted by Crippen LogP contribution is -2.13. The Hall–Kier alpha value is -0.940. The lowest BCUT2D eigenvalue weighted by molar-refractivity contribution is 0.141. The number of fused-ring (bicyclic) bond motifs is 2. The van der Waals surface area contributed by atoms with Gasteiger partial charge in [-0.2, -0.15) is 4.98 Å². The van der Waals surface area contributed by atoms with E-state index in [1.54, 1.807) is 0 Å². The second kappa shape index (κ2) is 3.82. The molecule has 2 aliphatic carbocycles. The molecule has 3 N–H and O–H groups in total. The van der Waals surface area contributed by atoms with Gasteiger partial charge in [0.2, 0.25) is 0 Å². The lowest BCUT2D eigenvalue weighted by atomic mass is 9.88. The molecule has 1 aromatic rings. The van der Waals surface area contributed by atoms with Crippen molar-refractivity contribution in [3.05, 3.63) is 11.7 Å². The lowest BCUT2D eigenvalue weighted by Gasteiger charge is -2.17. The molecule has 4 unspecified atom stereocenters. The van der Waals surface area contributed by atoms with Gasteiger partial charge < -0.3 is 15.4 Å². The summed E-state index contributed by atoms with van der Waals surface area (Å²) in [6.07, 6.45) is 4.33. The van der Waals surface area contributed by atoms with Gasteiger partial charge in [0.05, 0.1) is 0 Å². The third-order valence-corrected chi connectivity index (χ3v) is 4.04. The molecular weight excluding hydrogens is 206 g/mol. The van der Waals surface area contributed by atoms with Crippen LogP contribution in [0.2, 0.25) is 0 Å². The van der Waals surface area contributed by atoms with Crippen LogP contribution >= 0.6 is 0 Å². The van der Waals surface area contributed by atoms with E-state index in [4.69, 9.17) is 10.3 Å². The van der Waals surface area contributed by atoms with E-state index in [0.29, 0.717) is 5.92 Å². The molecule has 0 saturated heterocycles. The van der Waals surface area contributed by atoms with Crippen LogP contribution in [0.25, 0.3) is 0 Å². The van der Waals surface area contributed by atoms with Crippen molar-refractivity contribution >= 4 is 0 Å². The maximum atomic E-state index is 9.50. The average molecular weight is 223 g/mol. The Bertz CT molecular complexity index is 379. The minimum Gasteiger partial charge on any atom is -0.382 e. The molecule has 2 aliphatic rings. The van der Waals surface area contributed by atoms with Crippen molar-refractivity contribution in [2.75, 3.05) is 6.54 Å². The fourth-order valence-electron chi connectivity index (χ4n) is 3.19. The highest BCUT2D eigenvalue weighted by Crippen LogP contribution is 2.52. The number of rotatable bonds is 3. The van der Waals surface area contributed by atoms with Crippen molar-refractivity contribution in [2.45, 2.75) is 37.7 Å². The normalized spacial score (nSPS) is 34.5. The zero-order valence-corrected chi connectivity index (χ0v) is 9.17. The SMILES string of the molecule is NCC(O)c1nc(C2CC3CCC2C3)no1. The fourth-order valence-corrected chi connectivity index (χ4v) is 3.19. The average Bonchev–Trinajstić information content (AvgIpc) is 3.02. The molecule has 0 radical (unpaired) electrons. The van der Waals surface area contributed by atoms with Crippen molar-refractivity contribution in [3.8, 4) is 0 Å². The van der Waals surface area contributed by atoms with Gasteiger partial charge in [0.15, 0.2) is 5.82 Å². The van der Waals surface area contributed by atoms with Gasteiger partial charge in [-0.05, 0) is 31.1 Å². The summed E-state index contributed by atoms with van der Waals surface area (Å²) < 4.78 is 5.05. The Morgan fingerprint density at radius 1 is 1.44 bits per heavy atom. The first-order valence-electron chi connectivity index (χ1n) is 5.99. The summed E-state index contributed by atoms with van der Waals surface area (Å²) in [5.41, 5.74) is 5.35. The first-order chi connectivity index (χ1) is 7.78. The molecule has 16 heavy (non-hydrogen) atoms. The van der Waals surface area contributed by atoms with Gasteiger partial charge in [0.25, 0.3) is 5.89 Å². The largest absolute Gasteiger partial charge is 0.382 e. The van der Waals surface area contributed by atoms with Crippen LogP contribution in [-0.4, -0.2) is 21.8 Å². The highest BCUT2D eigenvalue weighted by Gasteiger charge is 2.42. The van der Waals surface area contributed by atoms with Gasteiger partial charge in [-0.25, -0.2) is 0 Å². The maximum absolute atomic E-state index is 9.50. The Morgan fingerprint density at radius 3 is 2.94 bits per heavy atom. The van der Waals surface area contributed by atoms with E-state index in [0.717, 1.165) is 17.7 Å². The van der Waals surface area contributed by atoms with Crippen molar-refractivity contribution in [1.82, 2.24) is 10.1 Å². The number of nitrogens with two attached hydrogens (primary N) is 1. The Kier molecular flexibility index (Phi) is 2.44. The van der Waals surface area contributed by atoms with E-state index >= 15 is 0 Å². The van der Waals surface area contributed by atoms with E-state index in [1.165, 1.54) is 25.7 Å². The van der Waals surface area contributed by atoms with E-state index in [9.17, 15) is 5.11 Å². The van der Waals surface area contributed by atoms with Crippen molar-refractivity contribution < 1.29 is 9.63 Å². The Labute approximate surface area is 94.0 Å². The van der Waals surface area contributed by atoms with Gasteiger partial charge in [-0.1, -0.05) is 11.6 Å². The summed E-state index contributed by atoms with van der Waals surface area (Å²) in [7, 11) is 0. The van der Waals surface area contributed by atoms with E-state index in [-0.39, 0.29) is 12.4 Å². The third-order valence-electron chi connectivity index (χ3n) is 4.04. The molecule has 2 bridgehead atoms. The smallest absolute Gasteiger partial charge is 0.256 e. The molecule has 4 atom stereocenters. The topological polar surface area (TPSA) is 85.2 Å². The molecule has 1 aromatic heterocycles. The molecular formula is C11H17N3O2. The molecule has 0 spiro atoms. The Balaban J connectivity index is 1.77. The first-order valence-corrected chi connectivity index (χ1v) is 5.99. The zero-order chi connectivity index (χ0) is 11.1. The summed E-state index contributed by atoms with van der Waals surface area (Å²) in [6.45, 7) is 0.123. The monoisotopic (exact) mass is 223 g/mol. The van der Waals surface area contributed by atoms with Crippen molar-refractivity contribution in [1.29, 1.82) is 0 Å². The molecule has 5 heteroatoms. The van der Waals surface area contributed by atoms with Gasteiger partial charge in [-0.3, -0.25) is 0 Å². The van der Waals surface area contributed by atoms with E-state index in [2.05, 4.69) is 10.1 Å². The van der Waals surface area contributed by atoms with Crippen LogP contribution in [0.4, 0.5) is 0 Å². The molecule has 0 aromatic carbocycles. The van der Waals surface area contributed by atoms with Crippen molar-refractivity contribution in [3.63, 3.8) is 0 Å². The predicted octanol–water partition coefficient (Wildman–Crippen LogP) is 0.965. The van der Waals surface area contributed by atoms with E-state index in [1.807, 2.05) is 0 Å². The summed E-state index contributed by atoms with van der Waals surface area (Å²) in [6, 6.07) is 0. The molecule has 2 saturated carbocycles. The standard InChI is InChI=1S/C11H17N3O2/c12-5-9(15)11-13-10(14-16-11)8-4-6-1-2-7(8)3-6/h6-9,15H,1-5,12H2. The number of nitrogens with zero attached hydrogens (tertiary/aromatic N) is 2. The molecule has 5 nitrogen and oxygen atoms in total. The second-order valence-corrected chi connectivity index (χ2v) is 5.02. The molecule has 88 valence electrons. The van der Waals surface area contributed by atoms with Crippen LogP contribution in [0, 0.1) is 11.8 Å². The van der Waals surface area contributed by atoms with Gasteiger partial charge in [-0.15, -0.1) is 0 Å². The van der Waals surface area contributed by atoms with Crippen LogP contribution in [0.15, 0.2) is 4.52 Å². The number of aromatic nitrogens is 2. The quantitative estimate of drug-likeness (QED) is 0.797. The first kappa shape index (κ1) is 10.2. The Morgan fingerprint density at radius 2 is 2.31 bits per heavy atom. The molecule has 0 amide bonds. The number of hydrogen-bond acceptors (Lipinski definition) is 5. The summed E-state index contributed by atoms with van der Waals surface area (Å²) in [5, 5.41) is 13.5. The van der Waals surface area contributed by atoms with Gasteiger partial charge >= 0.3 is 0 Å². The fraction of sp³-hybridized carbons (Fsp3) is 0.818. The van der Waals surface area contributed by atoms with Crippen LogP contribution in [-0.2, 0) is 0 Å². The maximum Gasteiger partial charge on any atom is 0.256 e. The van der Waals surface area contributed by atoms with Gasteiger partial charge in [0.1, 0.15) is 6.10 Å². The minimum absolute atomic E-state index is 0.123. The predicted molar refractivity (Wildman–Crippen MR) is 56.5 cm³/mol. The summed E-state index contributed by atoms with van der Waals surface area (Å²) in [5.74, 6) is 3.07. The second-order valence-electron chi connectivity index (χ2n) is 5.02. The van der Waals surface area contributed by atoms with Gasteiger partial charge in [0, 0.05) is 12.5 Å². The molecule has 1 heterocycles. The number of aliphatic hydroxyl groups excluding tert-OH is 1. The molecule has 2 fully saturated rings. The highest BCUT2D eigenvalue weighted by molar-refractivity contribution is 5.06. The minimum atomic E-state index is -0.820. The van der Waals surface area contributed by atoms with Crippen LogP contribution in [0.3, 0.4) is 0 Å². The number of aliphatic hydroxyl groups is 1. The highest BCUT2D eigenvalue weighted by atomic mass is 16.5.